The number of hydrogen-bond acceptors (Lipinski definition) is 4. The Morgan fingerprint density at radius 3 is 2.45 bits per heavy atom. The van der Waals surface area contributed by atoms with Crippen molar-refractivity contribution in [1.29, 1.82) is 0 Å². The molecule has 5 rings (SSSR count). The van der Waals surface area contributed by atoms with Crippen LogP contribution in [0.4, 0.5) is 14.5 Å². The number of esters is 1. The largest absolute Gasteiger partial charge is 0.477 e. The van der Waals surface area contributed by atoms with Crippen LogP contribution in [0.2, 0.25) is 0 Å². The third-order valence-electron chi connectivity index (χ3n) is 5.72. The Labute approximate surface area is 165 Å². The molecule has 2 aromatic rings. The van der Waals surface area contributed by atoms with Crippen LogP contribution < -0.4 is 4.90 Å². The van der Waals surface area contributed by atoms with Crippen LogP contribution in [-0.4, -0.2) is 36.0 Å². The van der Waals surface area contributed by atoms with Gasteiger partial charge in [-0.2, -0.15) is 8.78 Å². The van der Waals surface area contributed by atoms with Crippen molar-refractivity contribution in [3.63, 3.8) is 0 Å². The second-order valence-corrected chi connectivity index (χ2v) is 7.27. The number of ether oxygens (including phenoxy) is 2. The number of nitrogens with zero attached hydrogens (tertiary/aromatic N) is 1. The highest BCUT2D eigenvalue weighted by Crippen LogP contribution is 2.70. The van der Waals surface area contributed by atoms with Crippen molar-refractivity contribution in [3.05, 3.63) is 71.8 Å². The summed E-state index contributed by atoms with van der Waals surface area (Å²) in [4.78, 5) is 25.8. The maximum atomic E-state index is 14.8. The maximum absolute atomic E-state index is 14.8. The van der Waals surface area contributed by atoms with Crippen LogP contribution in [0.15, 0.2) is 60.7 Å². The molecule has 1 spiro atoms. The number of alkyl halides is 2. The van der Waals surface area contributed by atoms with E-state index in [0.29, 0.717) is 16.8 Å². The molecule has 3 unspecified atom stereocenters. The van der Waals surface area contributed by atoms with Gasteiger partial charge >= 0.3 is 11.9 Å². The van der Waals surface area contributed by atoms with Gasteiger partial charge in [-0.15, -0.1) is 0 Å². The topological polar surface area (TPSA) is 55.8 Å². The first kappa shape index (κ1) is 17.8. The van der Waals surface area contributed by atoms with Gasteiger partial charge in [0.2, 0.25) is 11.5 Å². The van der Waals surface area contributed by atoms with E-state index in [1.807, 2.05) is 0 Å². The van der Waals surface area contributed by atoms with Gasteiger partial charge in [0.05, 0.1) is 12.2 Å². The summed E-state index contributed by atoms with van der Waals surface area (Å²) in [5.41, 5.74) is -0.545. The normalized spacial score (nSPS) is 28.3. The van der Waals surface area contributed by atoms with E-state index in [1.165, 1.54) is 6.08 Å². The van der Waals surface area contributed by atoms with Crippen molar-refractivity contribution in [2.24, 2.45) is 5.92 Å². The first-order chi connectivity index (χ1) is 13.9. The first-order valence-electron chi connectivity index (χ1n) is 9.36. The average Bonchev–Trinajstić information content (AvgIpc) is 3.03. The van der Waals surface area contributed by atoms with E-state index in [9.17, 15) is 18.4 Å². The first-order valence-corrected chi connectivity index (χ1v) is 9.36. The van der Waals surface area contributed by atoms with Crippen LogP contribution in [0, 0.1) is 5.92 Å². The number of anilines is 1. The summed E-state index contributed by atoms with van der Waals surface area (Å²) < 4.78 is 40.3. The molecule has 3 atom stereocenters. The summed E-state index contributed by atoms with van der Waals surface area (Å²) in [5, 5.41) is 0. The second kappa shape index (κ2) is 5.89. The minimum absolute atomic E-state index is 0.230. The number of piperidine rings is 1. The van der Waals surface area contributed by atoms with Gasteiger partial charge < -0.3 is 9.47 Å². The zero-order valence-electron chi connectivity index (χ0n) is 15.5. The molecule has 3 aliphatic rings. The molecule has 0 aromatic heterocycles. The van der Waals surface area contributed by atoms with E-state index in [2.05, 4.69) is 0 Å². The zero-order valence-corrected chi connectivity index (χ0v) is 15.5. The maximum Gasteiger partial charge on any atom is 0.338 e. The van der Waals surface area contributed by atoms with Crippen LogP contribution in [0.25, 0.3) is 5.76 Å². The molecule has 0 radical (unpaired) electrons. The minimum atomic E-state index is -3.15. The fourth-order valence-electron chi connectivity index (χ4n) is 4.33. The smallest absolute Gasteiger partial charge is 0.338 e. The molecular formula is C22H17F2NO4. The molecule has 0 N–H and O–H groups in total. The summed E-state index contributed by atoms with van der Waals surface area (Å²) in [6.07, 6.45) is 1.47. The molecule has 2 fully saturated rings. The van der Waals surface area contributed by atoms with Gasteiger partial charge in [0.25, 0.3) is 0 Å². The molecule has 2 aromatic carbocycles. The van der Waals surface area contributed by atoms with Crippen molar-refractivity contribution < 1.29 is 27.8 Å². The van der Waals surface area contributed by atoms with Crippen LogP contribution >= 0.6 is 0 Å². The molecule has 5 nitrogen and oxygen atoms in total. The summed E-state index contributed by atoms with van der Waals surface area (Å²) in [5.74, 6) is -4.83. The van der Waals surface area contributed by atoms with Gasteiger partial charge in [-0.05, 0) is 37.3 Å². The fraction of sp³-hybridized carbons (Fsp3) is 0.273. The van der Waals surface area contributed by atoms with Gasteiger partial charge in [-0.25, -0.2) is 4.79 Å². The monoisotopic (exact) mass is 397 g/mol. The number of rotatable bonds is 4. The minimum Gasteiger partial charge on any atom is -0.477 e. The summed E-state index contributed by atoms with van der Waals surface area (Å²) in [6, 6.07) is 13.4. The molecule has 1 amide bonds. The lowest BCUT2D eigenvalue weighted by Gasteiger charge is -2.21. The number of para-hydroxylation sites is 1. The quantitative estimate of drug-likeness (QED) is 0.739. The Balaban J connectivity index is 1.46. The number of benzene rings is 2. The molecular weight excluding hydrogens is 380 g/mol. The highest BCUT2D eigenvalue weighted by atomic mass is 19.3. The van der Waals surface area contributed by atoms with Gasteiger partial charge in [0.1, 0.15) is 11.7 Å². The molecule has 1 aliphatic carbocycles. The van der Waals surface area contributed by atoms with Crippen LogP contribution in [0.5, 0.6) is 0 Å². The third-order valence-corrected chi connectivity index (χ3v) is 5.72. The Kier molecular flexibility index (Phi) is 3.62. The fourth-order valence-corrected chi connectivity index (χ4v) is 4.33. The summed E-state index contributed by atoms with van der Waals surface area (Å²) in [7, 11) is 0. The van der Waals surface area contributed by atoms with Crippen molar-refractivity contribution in [3.8, 4) is 0 Å². The average molecular weight is 397 g/mol. The Morgan fingerprint density at radius 2 is 1.83 bits per heavy atom. The summed E-state index contributed by atoms with van der Waals surface area (Å²) >= 11 is 0. The summed E-state index contributed by atoms with van der Waals surface area (Å²) in [6.45, 7) is 1.97. The molecule has 29 heavy (non-hydrogen) atoms. The number of hydrogen-bond donors (Lipinski definition) is 0. The SMILES string of the molecule is CCOC(=O)c1ccc(C2=CC3C(=O)N(c4ccccc4)C4C(F)(F)C34O2)cc1. The van der Waals surface area contributed by atoms with Gasteiger partial charge in [-0.3, -0.25) is 9.69 Å². The number of carbonyl (C=O) groups excluding carboxylic acids is 2. The third kappa shape index (κ3) is 2.24. The molecule has 1 saturated carbocycles. The standard InChI is InChI=1S/C22H17F2NO4/c1-2-28-19(27)14-10-8-13(9-11-14)17-12-16-18(26)25(15-6-4-3-5-7-15)20-21(16,29-17)22(20,23)24/h3-12,16,20H,2H2,1H3. The highest BCUT2D eigenvalue weighted by Gasteiger charge is 2.95. The Hall–Kier alpha value is -3.22. The molecule has 2 heterocycles. The van der Waals surface area contributed by atoms with Crippen LogP contribution in [-0.2, 0) is 14.3 Å². The van der Waals surface area contributed by atoms with Crippen molar-refractivity contribution >= 4 is 23.3 Å². The van der Waals surface area contributed by atoms with Crippen molar-refractivity contribution in [1.82, 2.24) is 0 Å². The van der Waals surface area contributed by atoms with E-state index in [1.54, 1.807) is 61.5 Å². The number of carbonyl (C=O) groups is 2. The lowest BCUT2D eigenvalue weighted by atomic mass is 10.0. The van der Waals surface area contributed by atoms with E-state index < -0.39 is 35.4 Å². The lowest BCUT2D eigenvalue weighted by molar-refractivity contribution is -0.125. The van der Waals surface area contributed by atoms with Crippen LogP contribution in [0.3, 0.4) is 0 Å². The van der Waals surface area contributed by atoms with Gasteiger partial charge in [0.15, 0.2) is 6.04 Å². The van der Waals surface area contributed by atoms with Crippen LogP contribution in [0.1, 0.15) is 22.8 Å². The molecule has 148 valence electrons. The van der Waals surface area contributed by atoms with E-state index in [4.69, 9.17) is 9.47 Å². The highest BCUT2D eigenvalue weighted by molar-refractivity contribution is 6.06. The predicted octanol–water partition coefficient (Wildman–Crippen LogP) is 3.65. The zero-order chi connectivity index (χ0) is 20.4. The molecule has 0 bridgehead atoms. The van der Waals surface area contributed by atoms with E-state index in [0.717, 1.165) is 4.90 Å². The lowest BCUT2D eigenvalue weighted by Crippen LogP contribution is -2.38. The van der Waals surface area contributed by atoms with Gasteiger partial charge in [-0.1, -0.05) is 30.3 Å². The molecule has 1 saturated heterocycles. The molecule has 2 aliphatic heterocycles. The Morgan fingerprint density at radius 1 is 1.14 bits per heavy atom. The van der Waals surface area contributed by atoms with E-state index >= 15 is 0 Å². The number of halogens is 2. The number of amides is 1. The predicted molar refractivity (Wildman–Crippen MR) is 100 cm³/mol. The van der Waals surface area contributed by atoms with Crippen molar-refractivity contribution in [2.45, 2.75) is 24.5 Å². The molecule has 7 heteroatoms. The van der Waals surface area contributed by atoms with Crippen molar-refractivity contribution in [2.75, 3.05) is 11.5 Å². The second-order valence-electron chi connectivity index (χ2n) is 7.27. The Bertz CT molecular complexity index is 1030. The van der Waals surface area contributed by atoms with Gasteiger partial charge in [0, 0.05) is 11.3 Å². The van der Waals surface area contributed by atoms with E-state index in [-0.39, 0.29) is 12.4 Å².